The highest BCUT2D eigenvalue weighted by molar-refractivity contribution is 5.98. The number of halogens is 1. The van der Waals surface area contributed by atoms with Crippen LogP contribution in [0.2, 0.25) is 0 Å². The van der Waals surface area contributed by atoms with Crippen molar-refractivity contribution in [2.24, 2.45) is 0 Å². The van der Waals surface area contributed by atoms with E-state index in [1.54, 1.807) is 19.2 Å². The number of ether oxygens (including phenoxy) is 1. The van der Waals surface area contributed by atoms with Gasteiger partial charge in [0.15, 0.2) is 0 Å². The van der Waals surface area contributed by atoms with E-state index >= 15 is 0 Å². The summed E-state index contributed by atoms with van der Waals surface area (Å²) in [6.07, 6.45) is 2.33. The minimum Gasteiger partial charge on any atom is -0.496 e. The van der Waals surface area contributed by atoms with Crippen molar-refractivity contribution in [3.63, 3.8) is 0 Å². The van der Waals surface area contributed by atoms with Gasteiger partial charge in [0.25, 0.3) is 5.91 Å². The number of para-hydroxylation sites is 1. The lowest BCUT2D eigenvalue weighted by atomic mass is 10.0. The average Bonchev–Trinajstić information content (AvgIpc) is 3.78. The number of carbonyl (C=O) groups is 2. The summed E-state index contributed by atoms with van der Waals surface area (Å²) in [7, 11) is 3.70. The van der Waals surface area contributed by atoms with Gasteiger partial charge in [-0.15, -0.1) is 0 Å². The molecule has 0 bridgehead atoms. The number of nitrogens with one attached hydrogen (secondary N) is 2. The molecule has 7 nitrogen and oxygen atoms in total. The van der Waals surface area contributed by atoms with Gasteiger partial charge in [0.05, 0.1) is 7.11 Å². The van der Waals surface area contributed by atoms with E-state index < -0.39 is 6.04 Å². The molecule has 3 aromatic rings. The van der Waals surface area contributed by atoms with E-state index in [1.807, 2.05) is 53.4 Å². The van der Waals surface area contributed by atoms with E-state index in [4.69, 9.17) is 4.74 Å². The van der Waals surface area contributed by atoms with Gasteiger partial charge in [-0.05, 0) is 74.3 Å². The molecule has 1 aliphatic carbocycles. The number of nitrogens with zero attached hydrogens (tertiary/aromatic N) is 2. The summed E-state index contributed by atoms with van der Waals surface area (Å²) in [5, 5.41) is 6.60. The third-order valence-corrected chi connectivity index (χ3v) is 8.15. The number of carbonyl (C=O) groups excluding carboxylic acids is 2. The molecule has 8 heteroatoms. The Morgan fingerprint density at radius 1 is 0.976 bits per heavy atom. The Labute approximate surface area is 241 Å². The van der Waals surface area contributed by atoms with E-state index in [9.17, 15) is 14.0 Å². The molecule has 216 valence electrons. The molecule has 5 rings (SSSR count). The number of rotatable bonds is 11. The minimum atomic E-state index is -0.589. The summed E-state index contributed by atoms with van der Waals surface area (Å²) in [6.45, 7) is 3.72. The molecule has 1 aliphatic heterocycles. The van der Waals surface area contributed by atoms with Crippen LogP contribution in [-0.4, -0.2) is 80.6 Å². The lowest BCUT2D eigenvalue weighted by Gasteiger charge is -2.34. The Hall–Kier alpha value is -3.75. The first kappa shape index (κ1) is 28.8. The normalized spacial score (nSPS) is 19.4. The van der Waals surface area contributed by atoms with E-state index in [-0.39, 0.29) is 17.6 Å². The molecular formula is C33H39FN4O3. The number of benzene rings is 3. The summed E-state index contributed by atoms with van der Waals surface area (Å²) in [5.74, 6) is 0.677. The lowest BCUT2D eigenvalue weighted by molar-refractivity contribution is -0.135. The Morgan fingerprint density at radius 2 is 1.68 bits per heavy atom. The molecule has 1 saturated heterocycles. The van der Waals surface area contributed by atoms with Gasteiger partial charge >= 0.3 is 0 Å². The fraction of sp³-hybridized carbons (Fsp3) is 0.394. The van der Waals surface area contributed by atoms with Crippen LogP contribution in [0.3, 0.4) is 0 Å². The number of likely N-dealkylation sites (N-methyl/N-ethyl adjacent to an activating group) is 1. The topological polar surface area (TPSA) is 73.9 Å². The van der Waals surface area contributed by atoms with Crippen LogP contribution in [0, 0.1) is 5.82 Å². The molecule has 41 heavy (non-hydrogen) atoms. The second-order valence-corrected chi connectivity index (χ2v) is 11.0. The summed E-state index contributed by atoms with van der Waals surface area (Å²) in [5.41, 5.74) is 3.57. The molecule has 2 N–H and O–H groups in total. The van der Waals surface area contributed by atoms with Crippen LogP contribution in [0.4, 0.5) is 4.39 Å². The van der Waals surface area contributed by atoms with Crippen LogP contribution in [-0.2, 0) is 4.79 Å². The predicted molar refractivity (Wildman–Crippen MR) is 159 cm³/mol. The first-order valence-electron chi connectivity index (χ1n) is 14.4. The van der Waals surface area contributed by atoms with Crippen molar-refractivity contribution in [3.05, 3.63) is 89.7 Å². The molecule has 0 spiro atoms. The van der Waals surface area contributed by atoms with Crippen molar-refractivity contribution < 1.29 is 18.7 Å². The number of piperazine rings is 1. The highest BCUT2D eigenvalue weighted by atomic mass is 19.1. The largest absolute Gasteiger partial charge is 0.496 e. The Bertz CT molecular complexity index is 1320. The third-order valence-electron chi connectivity index (χ3n) is 8.15. The Kier molecular flexibility index (Phi) is 9.31. The van der Waals surface area contributed by atoms with E-state index in [1.165, 1.54) is 12.1 Å². The van der Waals surface area contributed by atoms with Crippen molar-refractivity contribution in [1.82, 2.24) is 20.4 Å². The van der Waals surface area contributed by atoms with Crippen LogP contribution < -0.4 is 15.4 Å². The maximum absolute atomic E-state index is 13.5. The molecule has 2 aliphatic rings. The molecule has 1 heterocycles. The first-order chi connectivity index (χ1) is 19.9. The van der Waals surface area contributed by atoms with Crippen molar-refractivity contribution >= 4 is 11.8 Å². The van der Waals surface area contributed by atoms with Gasteiger partial charge in [-0.25, -0.2) is 4.39 Å². The zero-order valence-electron chi connectivity index (χ0n) is 23.8. The number of hydrogen-bond donors (Lipinski definition) is 2. The molecule has 2 unspecified atom stereocenters. The molecule has 3 atom stereocenters. The Balaban J connectivity index is 1.19. The van der Waals surface area contributed by atoms with Crippen LogP contribution in [0.1, 0.15) is 41.1 Å². The van der Waals surface area contributed by atoms with E-state index in [0.717, 1.165) is 54.9 Å². The maximum Gasteiger partial charge on any atom is 0.251 e. The highest BCUT2D eigenvalue weighted by Gasteiger charge is 2.37. The summed E-state index contributed by atoms with van der Waals surface area (Å²) in [4.78, 5) is 30.9. The van der Waals surface area contributed by atoms with Crippen LogP contribution in [0.5, 0.6) is 5.75 Å². The quantitative estimate of drug-likeness (QED) is 0.344. The van der Waals surface area contributed by atoms with E-state index in [2.05, 4.69) is 22.6 Å². The SMILES string of the molecule is COc1ccccc1-c1ccc(C(=O)N[C@@H](CCCNC2CC2c2ccc(F)cc2)C(=O)N2CCN(C)CC2)cc1. The standard InChI is InChI=1S/C33H39FN4O3/c1-37-18-20-38(21-19-37)33(40)29(7-5-17-35-30-22-28(30)24-13-15-26(34)16-14-24)36-32(39)25-11-9-23(10-12-25)27-6-3-4-8-31(27)41-2/h3-4,6,8-16,28-30,35H,5,7,17-22H2,1-2H3,(H,36,39)/t28?,29-,30?/m0/s1. The molecule has 1 saturated carbocycles. The smallest absolute Gasteiger partial charge is 0.251 e. The van der Waals surface area contributed by atoms with Gasteiger partial charge in [-0.2, -0.15) is 0 Å². The monoisotopic (exact) mass is 558 g/mol. The lowest BCUT2D eigenvalue weighted by Crippen LogP contribution is -2.54. The van der Waals surface area contributed by atoms with Crippen LogP contribution >= 0.6 is 0 Å². The van der Waals surface area contributed by atoms with Gasteiger partial charge in [0, 0.05) is 49.3 Å². The molecular weight excluding hydrogens is 519 g/mol. The van der Waals surface area contributed by atoms with Crippen molar-refractivity contribution in [2.45, 2.75) is 37.3 Å². The molecule has 2 fully saturated rings. The van der Waals surface area contributed by atoms with E-state index in [0.29, 0.717) is 37.0 Å². The predicted octanol–water partition coefficient (Wildman–Crippen LogP) is 4.30. The first-order valence-corrected chi connectivity index (χ1v) is 14.4. The number of amides is 2. The minimum absolute atomic E-state index is 0.0206. The summed E-state index contributed by atoms with van der Waals surface area (Å²) < 4.78 is 18.7. The highest BCUT2D eigenvalue weighted by Crippen LogP contribution is 2.40. The van der Waals surface area contributed by atoms with Crippen molar-refractivity contribution in [1.29, 1.82) is 0 Å². The number of hydrogen-bond acceptors (Lipinski definition) is 5. The zero-order valence-corrected chi connectivity index (χ0v) is 23.8. The van der Waals surface area contributed by atoms with Crippen LogP contribution in [0.25, 0.3) is 11.1 Å². The van der Waals surface area contributed by atoms with Gasteiger partial charge in [-0.3, -0.25) is 9.59 Å². The second kappa shape index (κ2) is 13.3. The average molecular weight is 559 g/mol. The maximum atomic E-state index is 13.5. The number of methoxy groups -OCH3 is 1. The molecule has 0 radical (unpaired) electrons. The molecule has 2 amide bonds. The Morgan fingerprint density at radius 3 is 2.39 bits per heavy atom. The molecule has 3 aromatic carbocycles. The van der Waals surface area contributed by atoms with Crippen molar-refractivity contribution in [3.8, 4) is 16.9 Å². The van der Waals surface area contributed by atoms with Gasteiger partial charge < -0.3 is 25.2 Å². The summed E-state index contributed by atoms with van der Waals surface area (Å²) in [6, 6.07) is 21.6. The van der Waals surface area contributed by atoms with Crippen LogP contribution in [0.15, 0.2) is 72.8 Å². The fourth-order valence-corrected chi connectivity index (χ4v) is 5.52. The third kappa shape index (κ3) is 7.31. The fourth-order valence-electron chi connectivity index (χ4n) is 5.52. The zero-order chi connectivity index (χ0) is 28.8. The van der Waals surface area contributed by atoms with Crippen molar-refractivity contribution in [2.75, 3.05) is 46.9 Å². The van der Waals surface area contributed by atoms with Gasteiger partial charge in [0.1, 0.15) is 17.6 Å². The summed E-state index contributed by atoms with van der Waals surface area (Å²) >= 11 is 0. The van der Waals surface area contributed by atoms with Gasteiger partial charge in [-0.1, -0.05) is 42.5 Å². The second-order valence-electron chi connectivity index (χ2n) is 11.0. The molecule has 0 aromatic heterocycles. The van der Waals surface area contributed by atoms with Gasteiger partial charge in [0.2, 0.25) is 5.91 Å².